The van der Waals surface area contributed by atoms with Crippen LogP contribution in [0.15, 0.2) is 0 Å². The first-order valence-electron chi connectivity index (χ1n) is 8.34. The van der Waals surface area contributed by atoms with Crippen LogP contribution in [0, 0.1) is 0 Å². The lowest BCUT2D eigenvalue weighted by molar-refractivity contribution is -0.0822. The summed E-state index contributed by atoms with van der Waals surface area (Å²) in [4.78, 5) is 5.05. The fraction of sp³-hybridized carbons (Fsp3) is 1.00. The van der Waals surface area contributed by atoms with Gasteiger partial charge in [0.05, 0.1) is 6.10 Å². The highest BCUT2D eigenvalue weighted by atomic mass is 16.5. The quantitative estimate of drug-likeness (QED) is 0.834. The number of nitrogens with two attached hydrogens (primary N) is 1. The molecule has 0 spiro atoms. The van der Waals surface area contributed by atoms with Gasteiger partial charge in [-0.3, -0.25) is 4.90 Å². The van der Waals surface area contributed by atoms with E-state index < -0.39 is 0 Å². The Balaban J connectivity index is 1.97. The fourth-order valence-electron chi connectivity index (χ4n) is 3.97. The second kappa shape index (κ2) is 7.21. The first kappa shape index (κ1) is 16.2. The predicted octanol–water partition coefficient (Wildman–Crippen LogP) is 1.69. The highest BCUT2D eigenvalue weighted by molar-refractivity contribution is 4.98. The van der Waals surface area contributed by atoms with E-state index in [1.54, 1.807) is 0 Å². The van der Waals surface area contributed by atoms with Gasteiger partial charge in [0.2, 0.25) is 0 Å². The van der Waals surface area contributed by atoms with E-state index in [0.29, 0.717) is 6.10 Å². The zero-order chi connectivity index (χ0) is 14.6. The molecule has 118 valence electrons. The largest absolute Gasteiger partial charge is 0.378 e. The summed E-state index contributed by atoms with van der Waals surface area (Å²) in [5.41, 5.74) is 6.42. The van der Waals surface area contributed by atoms with E-state index in [9.17, 15) is 0 Å². The van der Waals surface area contributed by atoms with Crippen molar-refractivity contribution in [3.63, 3.8) is 0 Å². The molecule has 0 bridgehead atoms. The Morgan fingerprint density at radius 2 is 2.00 bits per heavy atom. The molecule has 4 nitrogen and oxygen atoms in total. The van der Waals surface area contributed by atoms with Crippen LogP contribution < -0.4 is 5.73 Å². The van der Waals surface area contributed by atoms with Crippen molar-refractivity contribution >= 4 is 0 Å². The molecule has 2 N–H and O–H groups in total. The van der Waals surface area contributed by atoms with Gasteiger partial charge in [-0.25, -0.2) is 0 Å². The maximum Gasteiger partial charge on any atom is 0.0593 e. The van der Waals surface area contributed by atoms with Gasteiger partial charge in [-0.15, -0.1) is 0 Å². The predicted molar refractivity (Wildman–Crippen MR) is 83.9 cm³/mol. The average molecular weight is 283 g/mol. The van der Waals surface area contributed by atoms with Crippen LogP contribution in [0.1, 0.15) is 45.4 Å². The summed E-state index contributed by atoms with van der Waals surface area (Å²) in [7, 11) is 4.40. The van der Waals surface area contributed by atoms with Gasteiger partial charge in [-0.2, -0.15) is 0 Å². The van der Waals surface area contributed by atoms with Gasteiger partial charge >= 0.3 is 0 Å². The summed E-state index contributed by atoms with van der Waals surface area (Å²) in [6.45, 7) is 6.29. The highest BCUT2D eigenvalue weighted by Crippen LogP contribution is 2.34. The van der Waals surface area contributed by atoms with Crippen molar-refractivity contribution in [3.8, 4) is 0 Å². The molecule has 2 aliphatic heterocycles. The Bertz CT molecular complexity index is 287. The van der Waals surface area contributed by atoms with Crippen molar-refractivity contribution < 1.29 is 4.74 Å². The molecule has 2 atom stereocenters. The zero-order valence-electron chi connectivity index (χ0n) is 13.6. The van der Waals surface area contributed by atoms with E-state index in [2.05, 4.69) is 30.8 Å². The molecule has 0 aromatic carbocycles. The summed E-state index contributed by atoms with van der Waals surface area (Å²) < 4.78 is 5.94. The maximum absolute atomic E-state index is 6.21. The van der Waals surface area contributed by atoms with E-state index in [0.717, 1.165) is 32.0 Å². The van der Waals surface area contributed by atoms with Crippen molar-refractivity contribution in [3.05, 3.63) is 0 Å². The minimum Gasteiger partial charge on any atom is -0.378 e. The summed E-state index contributed by atoms with van der Waals surface area (Å²) in [5, 5.41) is 0. The van der Waals surface area contributed by atoms with E-state index in [-0.39, 0.29) is 5.54 Å². The van der Waals surface area contributed by atoms with Gasteiger partial charge in [0, 0.05) is 37.8 Å². The van der Waals surface area contributed by atoms with Crippen LogP contribution in [0.25, 0.3) is 0 Å². The molecule has 2 heterocycles. The molecule has 0 saturated carbocycles. The van der Waals surface area contributed by atoms with Crippen molar-refractivity contribution in [2.75, 3.05) is 40.3 Å². The van der Waals surface area contributed by atoms with Crippen LogP contribution in [0.3, 0.4) is 0 Å². The summed E-state index contributed by atoms with van der Waals surface area (Å²) in [5.74, 6) is 0. The summed E-state index contributed by atoms with van der Waals surface area (Å²) in [6, 6.07) is 0.743. The second-order valence-electron chi connectivity index (χ2n) is 6.85. The molecule has 2 rings (SSSR count). The van der Waals surface area contributed by atoms with Crippen molar-refractivity contribution in [1.82, 2.24) is 9.80 Å². The third-order valence-corrected chi connectivity index (χ3v) is 5.38. The molecule has 0 radical (unpaired) electrons. The lowest BCUT2D eigenvalue weighted by Crippen LogP contribution is -2.61. The van der Waals surface area contributed by atoms with Gasteiger partial charge in [0.1, 0.15) is 0 Å². The summed E-state index contributed by atoms with van der Waals surface area (Å²) >= 11 is 0. The SMILES string of the molecule is CCCC1CC(CN)(N2CCC(N(C)C)CC2)CCO1. The second-order valence-corrected chi connectivity index (χ2v) is 6.85. The van der Waals surface area contributed by atoms with Crippen LogP contribution in [0.5, 0.6) is 0 Å². The van der Waals surface area contributed by atoms with Crippen molar-refractivity contribution in [2.45, 2.75) is 63.1 Å². The molecule has 20 heavy (non-hydrogen) atoms. The maximum atomic E-state index is 6.21. The molecular formula is C16H33N3O. The van der Waals surface area contributed by atoms with Crippen molar-refractivity contribution in [2.24, 2.45) is 5.73 Å². The van der Waals surface area contributed by atoms with Crippen LogP contribution in [-0.4, -0.2) is 67.8 Å². The van der Waals surface area contributed by atoms with Crippen LogP contribution in [-0.2, 0) is 4.74 Å². The van der Waals surface area contributed by atoms with E-state index in [1.807, 2.05) is 0 Å². The number of hydrogen-bond donors (Lipinski definition) is 1. The Labute approximate surface area is 124 Å². The number of piperidine rings is 1. The molecular weight excluding hydrogens is 250 g/mol. The van der Waals surface area contributed by atoms with Crippen molar-refractivity contribution in [1.29, 1.82) is 0 Å². The van der Waals surface area contributed by atoms with Gasteiger partial charge in [0.25, 0.3) is 0 Å². The molecule has 0 aliphatic carbocycles. The smallest absolute Gasteiger partial charge is 0.0593 e. The molecule has 0 amide bonds. The average Bonchev–Trinajstić information content (AvgIpc) is 2.48. The fourth-order valence-corrected chi connectivity index (χ4v) is 3.97. The molecule has 2 unspecified atom stereocenters. The Morgan fingerprint density at radius 3 is 2.55 bits per heavy atom. The Hall–Kier alpha value is -0.160. The normalized spacial score (nSPS) is 33.8. The first-order chi connectivity index (χ1) is 9.61. The van der Waals surface area contributed by atoms with E-state index in [1.165, 1.54) is 38.8 Å². The van der Waals surface area contributed by atoms with E-state index >= 15 is 0 Å². The monoisotopic (exact) mass is 283 g/mol. The third-order valence-electron chi connectivity index (χ3n) is 5.38. The van der Waals surface area contributed by atoms with Gasteiger partial charge in [-0.1, -0.05) is 13.3 Å². The van der Waals surface area contributed by atoms with Crippen LogP contribution >= 0.6 is 0 Å². The number of rotatable bonds is 5. The van der Waals surface area contributed by atoms with Gasteiger partial charge < -0.3 is 15.4 Å². The Kier molecular flexibility index (Phi) is 5.84. The third kappa shape index (κ3) is 3.53. The highest BCUT2D eigenvalue weighted by Gasteiger charge is 2.41. The lowest BCUT2D eigenvalue weighted by atomic mass is 9.82. The molecule has 4 heteroatoms. The molecule has 0 aromatic heterocycles. The van der Waals surface area contributed by atoms with Crippen LogP contribution in [0.2, 0.25) is 0 Å². The van der Waals surface area contributed by atoms with Gasteiger partial charge in [-0.05, 0) is 46.2 Å². The van der Waals surface area contributed by atoms with Crippen LogP contribution in [0.4, 0.5) is 0 Å². The minimum atomic E-state index is 0.204. The van der Waals surface area contributed by atoms with Gasteiger partial charge in [0.15, 0.2) is 0 Å². The van der Waals surface area contributed by atoms with E-state index in [4.69, 9.17) is 10.5 Å². The minimum absolute atomic E-state index is 0.204. The zero-order valence-corrected chi connectivity index (χ0v) is 13.6. The standard InChI is InChI=1S/C16H33N3O/c1-4-5-15-12-16(13-17,8-11-20-15)19-9-6-14(7-10-19)18(2)3/h14-15H,4-13,17H2,1-3H3. The Morgan fingerprint density at radius 1 is 1.30 bits per heavy atom. The number of nitrogens with zero attached hydrogens (tertiary/aromatic N) is 2. The summed E-state index contributed by atoms with van der Waals surface area (Å²) in [6.07, 6.45) is 7.58. The topological polar surface area (TPSA) is 41.7 Å². The number of likely N-dealkylation sites (tertiary alicyclic amines) is 1. The molecule has 2 fully saturated rings. The molecule has 2 aliphatic rings. The number of hydrogen-bond acceptors (Lipinski definition) is 4. The first-order valence-corrected chi connectivity index (χ1v) is 8.34. The number of ether oxygens (including phenoxy) is 1. The lowest BCUT2D eigenvalue weighted by Gasteiger charge is -2.51. The molecule has 2 saturated heterocycles. The molecule has 0 aromatic rings.